The van der Waals surface area contributed by atoms with Crippen molar-refractivity contribution in [1.82, 2.24) is 55.5 Å². The number of ketones is 3. The highest BCUT2D eigenvalue weighted by atomic mass is 32.3. The lowest BCUT2D eigenvalue weighted by molar-refractivity contribution is -0.228. The first kappa shape index (κ1) is 107. The number of Topliss-reactive ketones (excluding diaryl/α,β-unsaturated/α-hetero) is 3. The number of thiazole rings is 3. The maximum absolute atomic E-state index is 13.4. The van der Waals surface area contributed by atoms with Gasteiger partial charge in [0.25, 0.3) is 36.0 Å². The predicted molar refractivity (Wildman–Crippen MR) is 497 cm³/mol. The summed E-state index contributed by atoms with van der Waals surface area (Å²) < 4.78 is 124. The number of rotatable bonds is 41. The lowest BCUT2D eigenvalue weighted by atomic mass is 9.74. The number of aromatic nitrogens is 3. The number of anilines is 3. The number of carboxylic acids is 3. The van der Waals surface area contributed by atoms with E-state index in [2.05, 4.69) is 69.0 Å². The molecule has 764 valence electrons. The van der Waals surface area contributed by atoms with Crippen LogP contribution < -0.4 is 65.0 Å². The van der Waals surface area contributed by atoms with Crippen LogP contribution in [0, 0.1) is 17.8 Å². The van der Waals surface area contributed by atoms with Crippen molar-refractivity contribution in [3.63, 3.8) is 0 Å². The maximum Gasteiger partial charge on any atom is 0.418 e. The molecule has 0 bridgehead atoms. The highest BCUT2D eigenvalue weighted by Gasteiger charge is 2.60. The van der Waals surface area contributed by atoms with Crippen molar-refractivity contribution in [3.8, 4) is 17.2 Å². The van der Waals surface area contributed by atoms with Gasteiger partial charge in [-0.25, -0.2) is 39.3 Å². The van der Waals surface area contributed by atoms with Gasteiger partial charge in [-0.1, -0.05) is 33.7 Å². The summed E-state index contributed by atoms with van der Waals surface area (Å²) in [5.74, 6) is -10.3. The molecule has 14 rings (SSSR count). The Morgan fingerprint density at radius 1 is 0.461 bits per heavy atom. The first-order valence-corrected chi connectivity index (χ1v) is 49.5. The molecular formula is C80H102N24O31S6. The maximum atomic E-state index is 13.4. The highest BCUT2D eigenvalue weighted by Crippen LogP contribution is 2.44. The highest BCUT2D eigenvalue weighted by molar-refractivity contribution is 7.81. The van der Waals surface area contributed by atoms with Crippen LogP contribution in [-0.2, 0) is 146 Å². The molecular weight excluding hydrogens is 1990 g/mol. The number of benzene rings is 3. The van der Waals surface area contributed by atoms with E-state index in [9.17, 15) is 83.7 Å². The number of oxime groups is 4. The number of aliphatic carboxylic acids is 3. The van der Waals surface area contributed by atoms with Gasteiger partial charge in [0.1, 0.15) is 60.8 Å². The van der Waals surface area contributed by atoms with Crippen molar-refractivity contribution in [2.45, 2.75) is 166 Å². The smallest absolute Gasteiger partial charge is 0.418 e. The standard InChI is InChI=1S/C28H36N8O10S2.C27H34N8O10S2.C25H32N8O11S2/c1-28(2)19(24(38)36(28)46-48(41,42)43)9-21(37)23(20-14-47-27(30)33-20)34-45-22(25(39)40)13-44-18-6-5-15-11-35(12-16(15)8-18)26(29)32-17-4-3-7-31-10-17;1-27(2)18(23(37)35(27)45-47(40,41)42)8-20(36)22(19-13-46-26(29)32-19)33-44-21(24(38)39)12-43-17-4-3-14-10-34(11-15(14)7-17)25(28)31-16-5-6-30-9-16;1-25(2)16(21(35)33(25)44-46(38,39)40)8-18(34)20(17-12-45-24(28)29-17)30-43-19(22(36)37)11-41-15-4-3-13-9-32(10-14(13)7-15)23(27)31-42-6-5-26/h5-6,8,14,17,19,22,31H,3-4,7,9-13H2,1-2H3,(H2,29,32)(H2,30,33)(H,39,40)(H,41,42,43);3-4,7,13,16,18,21,30H,5-6,8-12H2,1-2H3,(H2,28,31)(H2,29,32)(H,38,39)(H,40,41,42);3-4,7,12,16,19H,5-6,8-11,26H2,1-2H3,(H2,27,31)(H2,28,29)(H,36,37)(H,38,39,40)/b34-23-;33-22-;30-20-. The summed E-state index contributed by atoms with van der Waals surface area (Å²) in [5, 5.41) is 56.9. The fourth-order valence-corrected chi connectivity index (χ4v) is 18.5. The van der Waals surface area contributed by atoms with Crippen LogP contribution in [0.25, 0.3) is 0 Å². The number of carbonyl (C=O) groups excluding carboxylic acids is 6. The number of fused-ring (bicyclic) bond motifs is 3. The Morgan fingerprint density at radius 3 is 1.04 bits per heavy atom. The molecule has 3 aromatic carbocycles. The zero-order chi connectivity index (χ0) is 103. The van der Waals surface area contributed by atoms with Crippen LogP contribution in [0.3, 0.4) is 0 Å². The number of hydrogen-bond donors (Lipinski definition) is 15. The third-order valence-electron chi connectivity index (χ3n) is 23.2. The third kappa shape index (κ3) is 27.1. The second-order valence-electron chi connectivity index (χ2n) is 34.2. The number of ether oxygens (including phenoxy) is 3. The van der Waals surface area contributed by atoms with Crippen LogP contribution in [0.5, 0.6) is 17.2 Å². The Labute approximate surface area is 815 Å². The number of nitrogen functional groups attached to an aromatic ring is 3. The minimum absolute atomic E-state index is 0.0195. The summed E-state index contributed by atoms with van der Waals surface area (Å²) in [5.41, 5.74) is 41.6. The summed E-state index contributed by atoms with van der Waals surface area (Å²) in [7, 11) is -15.0. The normalized spacial score (nSPS) is 20.7. The number of hydrogen-bond acceptors (Lipinski definition) is 43. The molecule has 5 fully saturated rings. The minimum atomic E-state index is -5.00. The van der Waals surface area contributed by atoms with E-state index in [1.807, 2.05) is 21.9 Å². The van der Waals surface area contributed by atoms with Gasteiger partial charge < -0.3 is 114 Å². The van der Waals surface area contributed by atoms with Gasteiger partial charge in [0.05, 0.1) is 46.5 Å². The quantitative estimate of drug-likeness (QED) is 0.00581. The van der Waals surface area contributed by atoms with Crippen molar-refractivity contribution in [2.24, 2.45) is 71.3 Å². The van der Waals surface area contributed by atoms with Crippen LogP contribution in [0.2, 0.25) is 0 Å². The molecule has 11 heterocycles. The van der Waals surface area contributed by atoms with Crippen molar-refractivity contribution >= 4 is 169 Å². The number of carbonyl (C=O) groups is 9. The van der Waals surface area contributed by atoms with Crippen LogP contribution in [0.4, 0.5) is 15.4 Å². The molecule has 6 aromatic rings. The summed E-state index contributed by atoms with van der Waals surface area (Å²) >= 11 is 2.96. The zero-order valence-electron chi connectivity index (χ0n) is 76.0. The van der Waals surface area contributed by atoms with Gasteiger partial charge in [-0.3, -0.25) is 42.4 Å². The molecule has 8 aliphatic rings. The van der Waals surface area contributed by atoms with Gasteiger partial charge in [0.2, 0.25) is 5.96 Å². The van der Waals surface area contributed by atoms with E-state index in [-0.39, 0.29) is 63.7 Å². The van der Waals surface area contributed by atoms with E-state index in [0.717, 1.165) is 113 Å². The van der Waals surface area contributed by atoms with Crippen LogP contribution in [-0.4, -0.2) is 293 Å². The second kappa shape index (κ2) is 44.7. The predicted octanol–water partition coefficient (Wildman–Crippen LogP) is -0.379. The van der Waals surface area contributed by atoms with Gasteiger partial charge in [0.15, 0.2) is 61.8 Å². The first-order chi connectivity index (χ1) is 66.3. The number of piperidine rings is 1. The van der Waals surface area contributed by atoms with E-state index >= 15 is 0 Å². The summed E-state index contributed by atoms with van der Waals surface area (Å²) in [4.78, 5) is 162. The van der Waals surface area contributed by atoms with Crippen LogP contribution in [0.15, 0.2) is 101 Å². The van der Waals surface area contributed by atoms with E-state index in [4.69, 9.17) is 87.4 Å². The summed E-state index contributed by atoms with van der Waals surface area (Å²) in [6.07, 6.45) is -3.53. The third-order valence-corrected chi connectivity index (χ3v) is 26.2. The molecule has 8 aliphatic heterocycles. The number of hydroxylamine groups is 6. The monoisotopic (exact) mass is 2090 g/mol. The molecule has 8 unspecified atom stereocenters. The van der Waals surface area contributed by atoms with Gasteiger partial charge in [-0.15, -0.1) is 46.9 Å². The number of amides is 3. The van der Waals surface area contributed by atoms with Crippen LogP contribution in [0.1, 0.15) is 131 Å². The van der Waals surface area contributed by atoms with Crippen molar-refractivity contribution < 1.29 is 144 Å². The number of carboxylic acid groups (broad SMARTS) is 3. The van der Waals surface area contributed by atoms with Gasteiger partial charge in [0, 0.05) is 94.3 Å². The van der Waals surface area contributed by atoms with E-state index in [0.29, 0.717) is 83.6 Å². The van der Waals surface area contributed by atoms with E-state index in [1.54, 1.807) is 47.4 Å². The molecule has 8 atom stereocenters. The Hall–Kier alpha value is -13.3. The topological polar surface area (TPSA) is 808 Å². The zero-order valence-corrected chi connectivity index (χ0v) is 80.9. The molecule has 61 heteroatoms. The van der Waals surface area contributed by atoms with Gasteiger partial charge in [-0.05, 0) is 149 Å². The Bertz CT molecular complexity index is 6300. The average Bonchev–Trinajstić information content (AvgIpc) is 1.10. The Morgan fingerprint density at radius 2 is 0.766 bits per heavy atom. The van der Waals surface area contributed by atoms with Crippen molar-refractivity contribution in [1.29, 1.82) is 0 Å². The average molecular weight is 2090 g/mol. The number of β-lactam (4-membered cyclic amide) rings is 3. The van der Waals surface area contributed by atoms with E-state index in [1.165, 1.54) is 57.7 Å². The van der Waals surface area contributed by atoms with Gasteiger partial charge in [-0.2, -0.15) is 40.4 Å². The van der Waals surface area contributed by atoms with Crippen molar-refractivity contribution in [3.05, 3.63) is 121 Å². The Balaban J connectivity index is 0.000000189. The number of aliphatic imine (C=N–C) groups is 2. The molecule has 0 radical (unpaired) electrons. The first-order valence-electron chi connectivity index (χ1n) is 42.7. The summed E-state index contributed by atoms with van der Waals surface area (Å²) in [6, 6.07) is 16.1. The molecule has 5 saturated heterocycles. The molecule has 3 amide bonds. The molecule has 0 saturated carbocycles. The minimum Gasteiger partial charge on any atom is -0.489 e. The molecule has 0 aliphatic carbocycles. The van der Waals surface area contributed by atoms with Gasteiger partial charge >= 0.3 is 49.1 Å². The number of nitrogens with two attached hydrogens (primary N) is 7. The molecule has 22 N–H and O–H groups in total. The summed E-state index contributed by atoms with van der Waals surface area (Å²) in [6.45, 7) is 14.1. The van der Waals surface area contributed by atoms with Crippen molar-refractivity contribution in [2.75, 3.05) is 76.4 Å². The molecule has 3 aromatic heterocycles. The number of guanidine groups is 3. The largest absolute Gasteiger partial charge is 0.489 e. The lowest BCUT2D eigenvalue weighted by Crippen LogP contribution is -2.68. The van der Waals surface area contributed by atoms with Crippen LogP contribution >= 0.6 is 34.0 Å². The fourth-order valence-electron chi connectivity index (χ4n) is 15.5. The molecule has 141 heavy (non-hydrogen) atoms. The second-order valence-corrected chi connectivity index (χ2v) is 39.9. The SMILES string of the molecule is CC1(C)C(CC(=O)/C(=N\OC(COc2ccc3c(c2)CN(C(N)=NC2CCCNC2)C3)C(=O)O)c2csc(N)n2)C(=O)N1OS(=O)(=O)O.CC1(C)C(CC(=O)/C(=N\OC(COc2ccc3c(c2)CN(C(N)=NC2CCNC2)C3)C(=O)O)c2csc(N)n2)C(=O)N1OS(=O)(=O)O.CC1(C)C(CC(=O)/C(=N\OC(COc2ccc3c(c2)CN(C(N)=NOCCN)C3)C(=O)O)c2csc(N)n2)C(=O)N1OS(=O)(=O)O. The number of nitrogens with zero attached hydrogens (tertiary/aromatic N) is 15. The molecule has 0 spiro atoms. The van der Waals surface area contributed by atoms with E-state index < -0.39 is 193 Å². The number of nitrogens with one attached hydrogen (secondary N) is 2. The Kier molecular flexibility index (Phi) is 33.8. The molecule has 55 nitrogen and oxygen atoms in total. The lowest BCUT2D eigenvalue weighted by Gasteiger charge is -2.50. The fraction of sp³-hybridized carbons (Fsp3) is 0.475.